The van der Waals surface area contributed by atoms with Gasteiger partial charge in [0.2, 0.25) is 10.0 Å². The van der Waals surface area contributed by atoms with E-state index in [0.717, 1.165) is 18.4 Å². The Labute approximate surface area is 118 Å². The summed E-state index contributed by atoms with van der Waals surface area (Å²) in [6.45, 7) is 1.66. The largest absolute Gasteiger partial charge is 0.394 e. The number of hydrogen-bond acceptors (Lipinski definition) is 3. The molecule has 0 saturated heterocycles. The minimum atomic E-state index is -3.70. The van der Waals surface area contributed by atoms with Crippen molar-refractivity contribution in [1.82, 2.24) is 4.72 Å². The van der Waals surface area contributed by atoms with E-state index in [1.54, 1.807) is 12.1 Å². The van der Waals surface area contributed by atoms with Crippen molar-refractivity contribution in [3.8, 4) is 0 Å². The maximum atomic E-state index is 12.4. The Bertz CT molecular complexity index is 565. The molecule has 0 heterocycles. The monoisotopic (exact) mass is 303 g/mol. The Morgan fingerprint density at radius 1 is 1.37 bits per heavy atom. The molecule has 2 rings (SSSR count). The molecule has 19 heavy (non-hydrogen) atoms. The Balaban J connectivity index is 2.32. The smallest absolute Gasteiger partial charge is 0.242 e. The zero-order valence-electron chi connectivity index (χ0n) is 10.8. The quantitative estimate of drug-likeness (QED) is 0.896. The lowest BCUT2D eigenvalue weighted by Gasteiger charge is -2.27. The van der Waals surface area contributed by atoms with Crippen molar-refractivity contribution in [2.45, 2.75) is 43.0 Å². The molecule has 0 atom stereocenters. The molecule has 2 N–H and O–H groups in total. The van der Waals surface area contributed by atoms with E-state index in [4.69, 9.17) is 11.6 Å². The third kappa shape index (κ3) is 3.11. The van der Waals surface area contributed by atoms with Crippen molar-refractivity contribution in [1.29, 1.82) is 0 Å². The molecule has 1 aliphatic carbocycles. The lowest BCUT2D eigenvalue weighted by molar-refractivity contribution is 0.185. The van der Waals surface area contributed by atoms with Gasteiger partial charge >= 0.3 is 0 Å². The molecule has 106 valence electrons. The molecule has 0 bridgehead atoms. The van der Waals surface area contributed by atoms with Gasteiger partial charge in [0.1, 0.15) is 4.90 Å². The summed E-state index contributed by atoms with van der Waals surface area (Å²) in [5.41, 5.74) is 0.175. The third-order valence-corrected chi connectivity index (χ3v) is 5.65. The predicted octanol–water partition coefficient (Wildman–Crippen LogP) is 2.23. The first-order valence-corrected chi connectivity index (χ1v) is 8.16. The number of hydrogen-bond donors (Lipinski definition) is 2. The van der Waals surface area contributed by atoms with Crippen molar-refractivity contribution in [2.24, 2.45) is 0 Å². The van der Waals surface area contributed by atoms with Gasteiger partial charge in [0.05, 0.1) is 17.2 Å². The highest BCUT2D eigenvalue weighted by molar-refractivity contribution is 7.89. The maximum absolute atomic E-state index is 12.4. The van der Waals surface area contributed by atoms with Crippen LogP contribution in [0.5, 0.6) is 0 Å². The molecule has 0 unspecified atom stereocenters. The summed E-state index contributed by atoms with van der Waals surface area (Å²) in [5.74, 6) is 0. The number of sulfonamides is 1. The van der Waals surface area contributed by atoms with Gasteiger partial charge in [-0.05, 0) is 37.5 Å². The van der Waals surface area contributed by atoms with Gasteiger partial charge in [-0.3, -0.25) is 0 Å². The number of benzene rings is 1. The van der Waals surface area contributed by atoms with Crippen molar-refractivity contribution in [3.63, 3.8) is 0 Å². The number of nitrogens with one attached hydrogen (secondary N) is 1. The van der Waals surface area contributed by atoms with Gasteiger partial charge in [0, 0.05) is 0 Å². The Morgan fingerprint density at radius 3 is 2.53 bits per heavy atom. The fourth-order valence-corrected chi connectivity index (χ4v) is 4.56. The van der Waals surface area contributed by atoms with E-state index >= 15 is 0 Å². The van der Waals surface area contributed by atoms with Crippen molar-refractivity contribution in [3.05, 3.63) is 28.8 Å². The van der Waals surface area contributed by atoms with Gasteiger partial charge in [-0.1, -0.05) is 30.5 Å². The van der Waals surface area contributed by atoms with Crippen LogP contribution in [0.1, 0.15) is 31.2 Å². The Kier molecular flexibility index (Phi) is 4.20. The molecule has 1 fully saturated rings. The standard InChI is InChI=1S/C13H18ClNO3S/c1-10-4-5-12(11(14)8-10)19(17,18)15-13(9-16)6-2-3-7-13/h4-5,8,15-16H,2-3,6-7,9H2,1H3. The number of rotatable bonds is 4. The van der Waals surface area contributed by atoms with E-state index in [2.05, 4.69) is 4.72 Å². The summed E-state index contributed by atoms with van der Waals surface area (Å²) >= 11 is 6.01. The van der Waals surface area contributed by atoms with Gasteiger partial charge < -0.3 is 5.11 Å². The van der Waals surface area contributed by atoms with Crippen LogP contribution in [0.2, 0.25) is 5.02 Å². The van der Waals surface area contributed by atoms with Gasteiger partial charge in [-0.2, -0.15) is 0 Å². The third-order valence-electron chi connectivity index (χ3n) is 3.59. The number of halogens is 1. The van der Waals surface area contributed by atoms with Crippen LogP contribution in [-0.2, 0) is 10.0 Å². The minimum Gasteiger partial charge on any atom is -0.394 e. The maximum Gasteiger partial charge on any atom is 0.242 e. The second kappa shape index (κ2) is 5.40. The summed E-state index contributed by atoms with van der Waals surface area (Å²) in [6.07, 6.45) is 3.16. The van der Waals surface area contributed by atoms with Crippen LogP contribution in [0.15, 0.2) is 23.1 Å². The lowest BCUT2D eigenvalue weighted by Crippen LogP contribution is -2.49. The molecule has 4 nitrogen and oxygen atoms in total. The highest BCUT2D eigenvalue weighted by Gasteiger charge is 2.37. The molecule has 0 aromatic heterocycles. The molecule has 1 saturated carbocycles. The van der Waals surface area contributed by atoms with Crippen LogP contribution < -0.4 is 4.72 Å². The Morgan fingerprint density at radius 2 is 2.00 bits per heavy atom. The molecule has 0 spiro atoms. The highest BCUT2D eigenvalue weighted by Crippen LogP contribution is 2.32. The molecule has 0 radical (unpaired) electrons. The second-order valence-electron chi connectivity index (χ2n) is 5.18. The van der Waals surface area contributed by atoms with Gasteiger partial charge in [-0.15, -0.1) is 0 Å². The van der Waals surface area contributed by atoms with Gasteiger partial charge in [0.15, 0.2) is 0 Å². The number of aliphatic hydroxyl groups is 1. The first-order valence-electron chi connectivity index (χ1n) is 6.30. The van der Waals surface area contributed by atoms with Gasteiger partial charge in [0.25, 0.3) is 0 Å². The van der Waals surface area contributed by atoms with Crippen LogP contribution in [0.4, 0.5) is 0 Å². The van der Waals surface area contributed by atoms with E-state index in [1.807, 2.05) is 6.92 Å². The molecule has 0 aliphatic heterocycles. The fraction of sp³-hybridized carbons (Fsp3) is 0.538. The molecular formula is C13H18ClNO3S. The topological polar surface area (TPSA) is 66.4 Å². The van der Waals surface area contributed by atoms with Crippen LogP contribution in [0, 0.1) is 6.92 Å². The average Bonchev–Trinajstić information content (AvgIpc) is 2.77. The summed E-state index contributed by atoms with van der Waals surface area (Å²) in [7, 11) is -3.70. The molecule has 1 aromatic carbocycles. The first kappa shape index (κ1) is 14.8. The minimum absolute atomic E-state index is 0.0690. The normalized spacial score (nSPS) is 18.7. The van der Waals surface area contributed by atoms with E-state index in [1.165, 1.54) is 6.07 Å². The number of aliphatic hydroxyl groups excluding tert-OH is 1. The van der Waals surface area contributed by atoms with Gasteiger partial charge in [-0.25, -0.2) is 13.1 Å². The molecular weight excluding hydrogens is 286 g/mol. The summed E-state index contributed by atoms with van der Waals surface area (Å²) in [6, 6.07) is 4.83. The fourth-order valence-electron chi connectivity index (χ4n) is 2.51. The predicted molar refractivity (Wildman–Crippen MR) is 74.8 cm³/mol. The summed E-state index contributed by atoms with van der Waals surface area (Å²) in [4.78, 5) is 0.0690. The first-order chi connectivity index (χ1) is 8.88. The molecule has 0 amide bonds. The van der Waals surface area contributed by atoms with Crippen LogP contribution >= 0.6 is 11.6 Å². The van der Waals surface area contributed by atoms with Crippen LogP contribution in [-0.4, -0.2) is 25.7 Å². The van der Waals surface area contributed by atoms with E-state index in [0.29, 0.717) is 12.8 Å². The highest BCUT2D eigenvalue weighted by atomic mass is 35.5. The summed E-state index contributed by atoms with van der Waals surface area (Å²) in [5, 5.41) is 9.69. The zero-order valence-corrected chi connectivity index (χ0v) is 12.4. The second-order valence-corrected chi connectivity index (χ2v) is 7.24. The van der Waals surface area contributed by atoms with Crippen molar-refractivity contribution in [2.75, 3.05) is 6.61 Å². The molecule has 6 heteroatoms. The molecule has 1 aromatic rings. The van der Waals surface area contributed by atoms with Crippen LogP contribution in [0.3, 0.4) is 0 Å². The number of aryl methyl sites for hydroxylation is 1. The summed E-state index contributed by atoms with van der Waals surface area (Å²) < 4.78 is 27.4. The van der Waals surface area contributed by atoms with E-state index < -0.39 is 15.6 Å². The van der Waals surface area contributed by atoms with Crippen LogP contribution in [0.25, 0.3) is 0 Å². The molecule has 1 aliphatic rings. The van der Waals surface area contributed by atoms with E-state index in [-0.39, 0.29) is 16.5 Å². The van der Waals surface area contributed by atoms with Crippen molar-refractivity contribution < 1.29 is 13.5 Å². The van der Waals surface area contributed by atoms with Crippen molar-refractivity contribution >= 4 is 21.6 Å². The zero-order chi connectivity index (χ0) is 14.1. The average molecular weight is 304 g/mol. The SMILES string of the molecule is Cc1ccc(S(=O)(=O)NC2(CO)CCCC2)c(Cl)c1. The van der Waals surface area contributed by atoms with E-state index in [9.17, 15) is 13.5 Å². The lowest BCUT2D eigenvalue weighted by atomic mass is 10.0. The Hall–Kier alpha value is -0.620.